The monoisotopic (exact) mass is 239 g/mol. The van der Waals surface area contributed by atoms with Crippen molar-refractivity contribution in [2.75, 3.05) is 18.9 Å². The van der Waals surface area contributed by atoms with Crippen LogP contribution in [0.15, 0.2) is 12.7 Å². The van der Waals surface area contributed by atoms with Gasteiger partial charge in [-0.1, -0.05) is 0 Å². The van der Waals surface area contributed by atoms with Crippen LogP contribution in [0, 0.1) is 0 Å². The molecule has 8 heteroatoms. The maximum Gasteiger partial charge on any atom is 0.244 e. The highest BCUT2D eigenvalue weighted by Crippen LogP contribution is 2.17. The number of nitrogen functional groups attached to an aromatic ring is 1. The number of hydrogen-bond donors (Lipinski definition) is 3. The molecule has 2 aromatic heterocycles. The first-order valence-electron chi connectivity index (χ1n) is 5.07. The molecule has 0 saturated heterocycles. The maximum absolute atomic E-state index is 9.74. The summed E-state index contributed by atoms with van der Waals surface area (Å²) in [5.74, 6) is 0.247. The Hall–Kier alpha value is -1.77. The van der Waals surface area contributed by atoms with Crippen LogP contribution in [-0.2, 0) is 4.74 Å². The van der Waals surface area contributed by atoms with Gasteiger partial charge < -0.3 is 20.7 Å². The Morgan fingerprint density at radius 3 is 3.00 bits per heavy atom. The number of imidazole rings is 1. The molecule has 2 heterocycles. The van der Waals surface area contributed by atoms with Gasteiger partial charge in [0.25, 0.3) is 0 Å². The molecule has 0 radical (unpaired) electrons. The summed E-state index contributed by atoms with van der Waals surface area (Å²) in [5.41, 5.74) is 6.42. The van der Waals surface area contributed by atoms with Crippen molar-refractivity contribution >= 4 is 17.0 Å². The van der Waals surface area contributed by atoms with E-state index in [1.165, 1.54) is 17.2 Å². The standard InChI is InChI=1S/C9H13N5O3/c10-7-6-8(12-4-11-7)14(5-13-6)9(16)17-3-1-2-15/h4-5,9,15-16H,1-3H2,(H2,10,11,12). The van der Waals surface area contributed by atoms with Gasteiger partial charge in [0.1, 0.15) is 18.2 Å². The molecule has 0 saturated carbocycles. The van der Waals surface area contributed by atoms with E-state index in [2.05, 4.69) is 15.0 Å². The van der Waals surface area contributed by atoms with E-state index in [4.69, 9.17) is 15.6 Å². The topological polar surface area (TPSA) is 119 Å². The van der Waals surface area contributed by atoms with Gasteiger partial charge in [-0.3, -0.25) is 4.57 Å². The highest BCUT2D eigenvalue weighted by Gasteiger charge is 2.13. The maximum atomic E-state index is 9.74. The second-order valence-electron chi connectivity index (χ2n) is 3.36. The van der Waals surface area contributed by atoms with Crippen molar-refractivity contribution in [1.29, 1.82) is 0 Å². The average molecular weight is 239 g/mol. The number of aliphatic hydroxyl groups excluding tert-OH is 2. The first-order valence-corrected chi connectivity index (χ1v) is 5.07. The molecule has 0 aliphatic rings. The van der Waals surface area contributed by atoms with Crippen LogP contribution in [0.1, 0.15) is 12.8 Å². The Bertz CT molecular complexity index is 500. The number of anilines is 1. The van der Waals surface area contributed by atoms with E-state index in [9.17, 15) is 5.11 Å². The molecular weight excluding hydrogens is 226 g/mol. The normalized spacial score (nSPS) is 13.1. The number of ether oxygens (including phenoxy) is 1. The third-order valence-electron chi connectivity index (χ3n) is 2.19. The third kappa shape index (κ3) is 2.33. The molecule has 0 aliphatic carbocycles. The van der Waals surface area contributed by atoms with E-state index in [1.54, 1.807) is 0 Å². The second-order valence-corrected chi connectivity index (χ2v) is 3.36. The van der Waals surface area contributed by atoms with Crippen molar-refractivity contribution < 1.29 is 14.9 Å². The minimum absolute atomic E-state index is 0.00646. The van der Waals surface area contributed by atoms with Crippen LogP contribution in [-0.4, -0.2) is 42.9 Å². The molecule has 17 heavy (non-hydrogen) atoms. The Balaban J connectivity index is 2.21. The fourth-order valence-corrected chi connectivity index (χ4v) is 1.37. The quantitative estimate of drug-likeness (QED) is 0.464. The fraction of sp³-hybridized carbons (Fsp3) is 0.444. The molecule has 0 amide bonds. The van der Waals surface area contributed by atoms with Crippen molar-refractivity contribution in [2.24, 2.45) is 0 Å². The number of hydrogen-bond acceptors (Lipinski definition) is 7. The van der Waals surface area contributed by atoms with Gasteiger partial charge in [0, 0.05) is 6.61 Å². The molecule has 2 aromatic rings. The molecule has 0 spiro atoms. The number of nitrogens with two attached hydrogens (primary N) is 1. The summed E-state index contributed by atoms with van der Waals surface area (Å²) in [6, 6.07) is 0. The number of aromatic nitrogens is 4. The molecule has 1 atom stereocenters. The Morgan fingerprint density at radius 1 is 1.41 bits per heavy atom. The molecule has 0 bridgehead atoms. The van der Waals surface area contributed by atoms with Crippen molar-refractivity contribution in [1.82, 2.24) is 19.5 Å². The Kier molecular flexibility index (Phi) is 3.47. The molecule has 2 rings (SSSR count). The highest BCUT2D eigenvalue weighted by atomic mass is 16.6. The van der Waals surface area contributed by atoms with Crippen LogP contribution >= 0.6 is 0 Å². The molecule has 0 aliphatic heterocycles. The summed E-state index contributed by atoms with van der Waals surface area (Å²) in [4.78, 5) is 11.8. The van der Waals surface area contributed by atoms with E-state index in [1.807, 2.05) is 0 Å². The number of fused-ring (bicyclic) bond motifs is 1. The summed E-state index contributed by atoms with van der Waals surface area (Å²) < 4.78 is 6.43. The van der Waals surface area contributed by atoms with Gasteiger partial charge in [-0.25, -0.2) is 15.0 Å². The van der Waals surface area contributed by atoms with Crippen LogP contribution in [0.5, 0.6) is 0 Å². The second kappa shape index (κ2) is 5.04. The van der Waals surface area contributed by atoms with Crippen molar-refractivity contribution in [3.8, 4) is 0 Å². The molecule has 8 nitrogen and oxygen atoms in total. The van der Waals surface area contributed by atoms with Crippen molar-refractivity contribution in [3.05, 3.63) is 12.7 Å². The summed E-state index contributed by atoms with van der Waals surface area (Å²) >= 11 is 0. The van der Waals surface area contributed by atoms with E-state index >= 15 is 0 Å². The molecule has 92 valence electrons. The molecule has 0 fully saturated rings. The molecular formula is C9H13N5O3. The van der Waals surface area contributed by atoms with Gasteiger partial charge in [0.15, 0.2) is 11.5 Å². The summed E-state index contributed by atoms with van der Waals surface area (Å²) in [6.45, 7) is 0.240. The van der Waals surface area contributed by atoms with E-state index in [0.717, 1.165) is 0 Å². The van der Waals surface area contributed by atoms with Crippen LogP contribution < -0.4 is 5.73 Å². The van der Waals surface area contributed by atoms with Gasteiger partial charge in [0.05, 0.1) is 6.61 Å². The minimum atomic E-state index is -1.21. The van der Waals surface area contributed by atoms with Crippen LogP contribution in [0.2, 0.25) is 0 Å². The van der Waals surface area contributed by atoms with Gasteiger partial charge in [-0.2, -0.15) is 0 Å². The molecule has 1 unspecified atom stereocenters. The zero-order chi connectivity index (χ0) is 12.3. The van der Waals surface area contributed by atoms with Gasteiger partial charge in [-0.15, -0.1) is 0 Å². The Labute approximate surface area is 96.7 Å². The lowest BCUT2D eigenvalue weighted by molar-refractivity contribution is -0.152. The molecule has 0 aromatic carbocycles. The smallest absolute Gasteiger partial charge is 0.244 e. The van der Waals surface area contributed by atoms with Gasteiger partial charge in [-0.05, 0) is 6.42 Å². The largest absolute Gasteiger partial charge is 0.396 e. The number of rotatable bonds is 5. The van der Waals surface area contributed by atoms with Crippen LogP contribution in [0.25, 0.3) is 11.2 Å². The summed E-state index contributed by atoms with van der Waals surface area (Å²) in [7, 11) is 0. The molecule has 4 N–H and O–H groups in total. The lowest BCUT2D eigenvalue weighted by Gasteiger charge is -2.12. The first-order chi connectivity index (χ1) is 8.24. The van der Waals surface area contributed by atoms with Crippen molar-refractivity contribution in [3.63, 3.8) is 0 Å². The van der Waals surface area contributed by atoms with Gasteiger partial charge >= 0.3 is 0 Å². The minimum Gasteiger partial charge on any atom is -0.396 e. The van der Waals surface area contributed by atoms with E-state index < -0.39 is 6.41 Å². The lowest BCUT2D eigenvalue weighted by Crippen LogP contribution is -2.13. The number of nitrogens with zero attached hydrogens (tertiary/aromatic N) is 4. The summed E-state index contributed by atoms with van der Waals surface area (Å²) in [5, 5.41) is 18.3. The van der Waals surface area contributed by atoms with Crippen LogP contribution in [0.3, 0.4) is 0 Å². The van der Waals surface area contributed by atoms with Crippen LogP contribution in [0.4, 0.5) is 5.82 Å². The van der Waals surface area contributed by atoms with E-state index in [0.29, 0.717) is 17.6 Å². The zero-order valence-corrected chi connectivity index (χ0v) is 9.02. The predicted molar refractivity (Wildman–Crippen MR) is 58.6 cm³/mol. The van der Waals surface area contributed by atoms with E-state index in [-0.39, 0.29) is 19.0 Å². The van der Waals surface area contributed by atoms with Crippen molar-refractivity contribution in [2.45, 2.75) is 12.8 Å². The predicted octanol–water partition coefficient (Wildman–Crippen LogP) is -0.744. The average Bonchev–Trinajstić information content (AvgIpc) is 2.74. The first kappa shape index (κ1) is 11.7. The third-order valence-corrected chi connectivity index (χ3v) is 2.19. The van der Waals surface area contributed by atoms with Gasteiger partial charge in [0.2, 0.25) is 6.41 Å². The fourth-order valence-electron chi connectivity index (χ4n) is 1.37. The highest BCUT2D eigenvalue weighted by molar-refractivity contribution is 5.81. The lowest BCUT2D eigenvalue weighted by atomic mass is 10.5. The summed E-state index contributed by atoms with van der Waals surface area (Å²) in [6.07, 6.45) is 1.90. The SMILES string of the molecule is Nc1ncnc2c1ncn2C(O)OCCCO. The Morgan fingerprint density at radius 2 is 2.24 bits per heavy atom. The number of aliphatic hydroxyl groups is 2. The zero-order valence-electron chi connectivity index (χ0n) is 9.02.